The van der Waals surface area contributed by atoms with Crippen molar-refractivity contribution < 1.29 is 27.4 Å². The van der Waals surface area contributed by atoms with E-state index in [1.165, 1.54) is 0 Å². The number of benzene rings is 1. The van der Waals surface area contributed by atoms with E-state index in [1.54, 1.807) is 17.2 Å². The molecule has 0 unspecified atom stereocenters. The van der Waals surface area contributed by atoms with E-state index in [9.17, 15) is 22.8 Å². The quantitative estimate of drug-likeness (QED) is 0.370. The van der Waals surface area contributed by atoms with Gasteiger partial charge in [0.05, 0.1) is 0 Å². The number of aromatic nitrogens is 3. The number of H-pyrrole nitrogens is 1. The maximum absolute atomic E-state index is 13.4. The van der Waals surface area contributed by atoms with Crippen molar-refractivity contribution in [2.75, 3.05) is 35.3 Å². The van der Waals surface area contributed by atoms with E-state index < -0.39 is 39.0 Å². The zero-order valence-electron chi connectivity index (χ0n) is 18.5. The summed E-state index contributed by atoms with van der Waals surface area (Å²) in [6, 6.07) is 3.61. The molecule has 2 aliphatic rings. The third-order valence-corrected chi connectivity index (χ3v) is 11.0. The summed E-state index contributed by atoms with van der Waals surface area (Å²) in [5.41, 5.74) is 2.39. The summed E-state index contributed by atoms with van der Waals surface area (Å²) in [5.74, 6) is -0.179. The Bertz CT molecular complexity index is 1290. The van der Waals surface area contributed by atoms with Crippen molar-refractivity contribution in [1.29, 1.82) is 0 Å². The molecule has 2 fully saturated rings. The number of likely N-dealkylation sites (tertiary alicyclic amines) is 1. The number of alkyl halides is 5. The zero-order valence-corrected chi connectivity index (χ0v) is 20.6. The molecule has 4 heterocycles. The molecular weight excluding hydrogens is 568 g/mol. The Morgan fingerprint density at radius 3 is 2.74 bits per heavy atom. The van der Waals surface area contributed by atoms with Gasteiger partial charge in [-0.25, -0.2) is 0 Å². The van der Waals surface area contributed by atoms with Gasteiger partial charge in [-0.05, 0) is 0 Å². The molecule has 0 aliphatic carbocycles. The van der Waals surface area contributed by atoms with Crippen LogP contribution in [0.15, 0.2) is 23.1 Å². The standard InChI is InChI=1S/C22H24F3IN4O4/c1-13-8-18-16(19-17(20(31)28-18)10-27-30(19)26-4-7-33-12-26)9-15(13)21(32)29-5-2-14(3-6-29)34-11-22(23,24)25/h8-10,14H,2-7,11-12H2,1H3,(H,28,31). The van der Waals surface area contributed by atoms with Gasteiger partial charge in [-0.1, -0.05) is 0 Å². The second-order valence-electron chi connectivity index (χ2n) is 8.49. The van der Waals surface area contributed by atoms with Gasteiger partial charge in [-0.15, -0.1) is 0 Å². The van der Waals surface area contributed by atoms with Crippen LogP contribution in [0, 0.1) is 6.92 Å². The first-order valence-electron chi connectivity index (χ1n) is 10.9. The third kappa shape index (κ3) is 4.54. The predicted octanol–water partition coefficient (Wildman–Crippen LogP) is 3.63. The van der Waals surface area contributed by atoms with E-state index in [4.69, 9.17) is 9.47 Å². The van der Waals surface area contributed by atoms with Gasteiger partial charge in [-0.3, -0.25) is 0 Å². The van der Waals surface area contributed by atoms with Gasteiger partial charge < -0.3 is 0 Å². The fraction of sp³-hybridized carbons (Fsp3) is 0.500. The van der Waals surface area contributed by atoms with Crippen LogP contribution in [0.4, 0.5) is 13.2 Å². The van der Waals surface area contributed by atoms with Gasteiger partial charge in [0.15, 0.2) is 0 Å². The molecule has 0 radical (unpaired) electrons. The number of nitrogens with one attached hydrogen (secondary N) is 1. The molecule has 0 spiro atoms. The van der Waals surface area contributed by atoms with E-state index in [1.807, 2.05) is 15.9 Å². The van der Waals surface area contributed by atoms with Crippen LogP contribution >= 0.6 is 20.1 Å². The van der Waals surface area contributed by atoms with Crippen LogP contribution in [-0.2, 0) is 9.47 Å². The molecule has 0 atom stereocenters. The van der Waals surface area contributed by atoms with Gasteiger partial charge in [0, 0.05) is 0 Å². The number of aryl methyl sites for hydroxylation is 1. The van der Waals surface area contributed by atoms with Crippen LogP contribution in [0.3, 0.4) is 0 Å². The van der Waals surface area contributed by atoms with E-state index >= 15 is 0 Å². The van der Waals surface area contributed by atoms with Crippen LogP contribution < -0.4 is 5.56 Å². The molecule has 0 saturated carbocycles. The third-order valence-electron chi connectivity index (χ3n) is 6.15. The van der Waals surface area contributed by atoms with Crippen molar-refractivity contribution in [2.45, 2.75) is 32.0 Å². The molecule has 2 aromatic heterocycles. The second-order valence-corrected chi connectivity index (χ2v) is 13.5. The number of nitrogens with zero attached hydrogens (tertiary/aromatic N) is 3. The average Bonchev–Trinajstić information content (AvgIpc) is 3.47. The summed E-state index contributed by atoms with van der Waals surface area (Å²) in [6.07, 6.45) is -2.58. The number of aromatic amines is 1. The Kier molecular flexibility index (Phi) is 6.31. The first kappa shape index (κ1) is 23.5. The van der Waals surface area contributed by atoms with Gasteiger partial charge in [0.2, 0.25) is 0 Å². The van der Waals surface area contributed by atoms with Gasteiger partial charge in [-0.2, -0.15) is 13.2 Å². The van der Waals surface area contributed by atoms with Crippen molar-refractivity contribution in [3.63, 3.8) is 0 Å². The van der Waals surface area contributed by atoms with Crippen LogP contribution in [0.1, 0.15) is 28.8 Å². The topological polar surface area (TPSA) is 89.4 Å². The van der Waals surface area contributed by atoms with Crippen molar-refractivity contribution >= 4 is 47.8 Å². The summed E-state index contributed by atoms with van der Waals surface area (Å²) in [6.45, 7) is 1.88. The monoisotopic (exact) mass is 592 g/mol. The fourth-order valence-electron chi connectivity index (χ4n) is 4.42. The minimum atomic E-state index is -4.36. The van der Waals surface area contributed by atoms with E-state index in [-0.39, 0.29) is 11.5 Å². The molecule has 5 rings (SSSR count). The van der Waals surface area contributed by atoms with Crippen LogP contribution in [-0.4, -0.2) is 71.4 Å². The summed E-state index contributed by atoms with van der Waals surface area (Å²) < 4.78 is 51.4. The Morgan fingerprint density at radius 2 is 2.06 bits per heavy atom. The second kappa shape index (κ2) is 9.11. The molecule has 1 N–H and O–H groups in total. The summed E-state index contributed by atoms with van der Waals surface area (Å²) in [5, 5.41) is 5.76. The first-order chi connectivity index (χ1) is 16.2. The van der Waals surface area contributed by atoms with E-state index in [0.29, 0.717) is 53.6 Å². The Balaban J connectivity index is 1.45. The Hall–Kier alpha value is -2.19. The summed E-state index contributed by atoms with van der Waals surface area (Å²) >= 11 is -1.73. The number of pyridine rings is 1. The number of halogens is 4. The molecule has 12 heteroatoms. The molecular formula is C22H24F3IN4O4. The number of amides is 1. The molecule has 1 amide bonds. The number of carbonyl (C=O) groups is 1. The number of carbonyl (C=O) groups excluding carboxylic acids is 1. The number of hydrogen-bond donors (Lipinski definition) is 1. The maximum atomic E-state index is 13.4. The molecule has 184 valence electrons. The number of ether oxygens (including phenoxy) is 2. The Labute approximate surface area is 200 Å². The fourth-order valence-corrected chi connectivity index (χ4v) is 8.77. The molecule has 1 aromatic carbocycles. The normalized spacial score (nSPS) is 18.9. The molecule has 2 aliphatic heterocycles. The number of piperidine rings is 1. The molecule has 8 nitrogen and oxygen atoms in total. The summed E-state index contributed by atoms with van der Waals surface area (Å²) in [4.78, 5) is 30.6. The Morgan fingerprint density at radius 1 is 1.29 bits per heavy atom. The molecule has 0 bridgehead atoms. The minimum absolute atomic E-state index is 0.179. The van der Waals surface area contributed by atoms with Gasteiger partial charge in [0.1, 0.15) is 0 Å². The van der Waals surface area contributed by atoms with Crippen LogP contribution in [0.2, 0.25) is 0 Å². The molecule has 34 heavy (non-hydrogen) atoms. The number of rotatable bonds is 4. The SMILES string of the molecule is Cc1cc2[nH]c(=O)c3cnn(I4CCOC4)c3c2cc1C(=O)N1CCC(OCC(F)(F)F)CC1. The van der Waals surface area contributed by atoms with Crippen LogP contribution in [0.5, 0.6) is 0 Å². The van der Waals surface area contributed by atoms with Crippen molar-refractivity contribution in [2.24, 2.45) is 0 Å². The molecule has 2 saturated heterocycles. The van der Waals surface area contributed by atoms with Crippen molar-refractivity contribution in [1.82, 2.24) is 17.9 Å². The van der Waals surface area contributed by atoms with Crippen molar-refractivity contribution in [3.8, 4) is 0 Å². The number of hydrogen-bond acceptors (Lipinski definition) is 5. The van der Waals surface area contributed by atoms with E-state index in [2.05, 4.69) is 10.1 Å². The molecule has 3 aromatic rings. The van der Waals surface area contributed by atoms with Gasteiger partial charge in [0.25, 0.3) is 0 Å². The zero-order chi connectivity index (χ0) is 24.0. The first-order valence-corrected chi connectivity index (χ1v) is 14.9. The van der Waals surface area contributed by atoms with E-state index in [0.717, 1.165) is 20.9 Å². The van der Waals surface area contributed by atoms with Crippen LogP contribution in [0.25, 0.3) is 21.8 Å². The summed E-state index contributed by atoms with van der Waals surface area (Å²) in [7, 11) is 0. The number of fused-ring (bicyclic) bond motifs is 3. The average molecular weight is 592 g/mol. The van der Waals surface area contributed by atoms with Crippen molar-refractivity contribution in [3.05, 3.63) is 39.8 Å². The predicted molar refractivity (Wildman–Crippen MR) is 129 cm³/mol. The van der Waals surface area contributed by atoms with Gasteiger partial charge >= 0.3 is 187 Å².